The molecule has 126 valence electrons. The Hall–Kier alpha value is -1.11. The highest BCUT2D eigenvalue weighted by atomic mass is 19.4. The highest BCUT2D eigenvalue weighted by Gasteiger charge is 2.77. The lowest BCUT2D eigenvalue weighted by atomic mass is 10.2. The van der Waals surface area contributed by atoms with Gasteiger partial charge in [0.25, 0.3) is 0 Å². The fourth-order valence-electron chi connectivity index (χ4n) is 0.806. The Kier molecular flexibility index (Phi) is 5.29. The predicted molar refractivity (Wildman–Crippen MR) is 43.2 cm³/mol. The summed E-state index contributed by atoms with van der Waals surface area (Å²) >= 11 is 0. The summed E-state index contributed by atoms with van der Waals surface area (Å²) in [5.74, 6) is -12.8. The number of halogens is 11. The van der Waals surface area contributed by atoms with Gasteiger partial charge in [0.1, 0.15) is 0 Å². The normalized spacial score (nSPS) is 18.1. The maximum atomic E-state index is 13.2. The Morgan fingerprint density at radius 2 is 1.19 bits per heavy atom. The maximum Gasteiger partial charge on any atom is 0.462 e. The molecule has 0 saturated heterocycles. The summed E-state index contributed by atoms with van der Waals surface area (Å²) in [7, 11) is 0. The first kappa shape index (κ1) is 19.9. The fraction of sp³-hybridized carbons (Fsp3) is 0.750. The third-order valence-corrected chi connectivity index (χ3v) is 1.82. The van der Waals surface area contributed by atoms with Crippen molar-refractivity contribution in [2.45, 2.75) is 30.2 Å². The minimum Gasteiger partial charge on any atom is -0.392 e. The predicted octanol–water partition coefficient (Wildman–Crippen LogP) is 3.57. The minimum atomic E-state index is -7.09. The van der Waals surface area contributed by atoms with Crippen molar-refractivity contribution in [3.63, 3.8) is 0 Å². The van der Waals surface area contributed by atoms with Gasteiger partial charge in [-0.1, -0.05) is 6.08 Å². The summed E-state index contributed by atoms with van der Waals surface area (Å²) in [5.41, 5.74) is 0. The quantitative estimate of drug-likeness (QED) is 0.611. The number of hydrogen-bond donors (Lipinski definition) is 1. The van der Waals surface area contributed by atoms with E-state index in [2.05, 4.69) is 4.74 Å². The molecule has 0 aliphatic carbocycles. The number of alkyl halides is 11. The van der Waals surface area contributed by atoms with E-state index in [-0.39, 0.29) is 6.08 Å². The molecule has 0 saturated carbocycles. The van der Waals surface area contributed by atoms with E-state index < -0.39 is 42.9 Å². The summed E-state index contributed by atoms with van der Waals surface area (Å²) in [5, 5.41) is 8.09. The van der Waals surface area contributed by atoms with Crippen LogP contribution in [-0.4, -0.2) is 42.0 Å². The molecule has 0 aromatic carbocycles. The smallest absolute Gasteiger partial charge is 0.392 e. The SMILES string of the molecule is OCC=CC(F)(OC(F)(F)C(F)(F)C(F)(F)F)C(F)(F)F. The van der Waals surface area contributed by atoms with Gasteiger partial charge in [-0.15, -0.1) is 0 Å². The number of hydrogen-bond acceptors (Lipinski definition) is 2. The van der Waals surface area contributed by atoms with Gasteiger partial charge in [-0.2, -0.15) is 48.3 Å². The van der Waals surface area contributed by atoms with Gasteiger partial charge in [0.15, 0.2) is 0 Å². The first-order chi connectivity index (χ1) is 9.02. The summed E-state index contributed by atoms with van der Waals surface area (Å²) in [4.78, 5) is 0. The zero-order valence-corrected chi connectivity index (χ0v) is 9.37. The Bertz CT molecular complexity index is 383. The van der Waals surface area contributed by atoms with Gasteiger partial charge in [0, 0.05) is 0 Å². The van der Waals surface area contributed by atoms with Gasteiger partial charge in [-0.05, 0) is 6.08 Å². The van der Waals surface area contributed by atoms with Crippen molar-refractivity contribution >= 4 is 0 Å². The molecular weight excluding hydrogens is 337 g/mol. The van der Waals surface area contributed by atoms with Gasteiger partial charge in [-0.25, -0.2) is 0 Å². The molecule has 0 aromatic heterocycles. The molecule has 0 heterocycles. The van der Waals surface area contributed by atoms with Gasteiger partial charge in [0.2, 0.25) is 0 Å². The second-order valence-electron chi connectivity index (χ2n) is 3.42. The van der Waals surface area contributed by atoms with Crippen LogP contribution in [0.15, 0.2) is 12.2 Å². The molecular formula is C8H5F11O2. The molecule has 0 amide bonds. The highest BCUT2D eigenvalue weighted by molar-refractivity contribution is 5.02. The fourth-order valence-corrected chi connectivity index (χ4v) is 0.806. The average Bonchev–Trinajstić information content (AvgIpc) is 2.22. The molecule has 0 fully saturated rings. The molecule has 0 spiro atoms. The number of rotatable bonds is 5. The van der Waals surface area contributed by atoms with Crippen LogP contribution in [-0.2, 0) is 4.74 Å². The van der Waals surface area contributed by atoms with Crippen molar-refractivity contribution in [2.75, 3.05) is 6.61 Å². The lowest BCUT2D eigenvalue weighted by molar-refractivity contribution is -0.473. The van der Waals surface area contributed by atoms with E-state index in [0.717, 1.165) is 0 Å². The van der Waals surface area contributed by atoms with Crippen LogP contribution in [0.5, 0.6) is 0 Å². The molecule has 0 aromatic rings. The lowest BCUT2D eigenvalue weighted by Crippen LogP contribution is -2.58. The molecule has 1 N–H and O–H groups in total. The molecule has 1 atom stereocenters. The van der Waals surface area contributed by atoms with Gasteiger partial charge in [0.05, 0.1) is 6.61 Å². The van der Waals surface area contributed by atoms with E-state index in [4.69, 9.17) is 5.11 Å². The van der Waals surface area contributed by atoms with Crippen molar-refractivity contribution in [3.8, 4) is 0 Å². The van der Waals surface area contributed by atoms with Crippen LogP contribution in [0, 0.1) is 0 Å². The average molecular weight is 342 g/mol. The lowest BCUT2D eigenvalue weighted by Gasteiger charge is -2.33. The van der Waals surface area contributed by atoms with E-state index >= 15 is 0 Å². The van der Waals surface area contributed by atoms with Crippen LogP contribution in [0.1, 0.15) is 0 Å². The zero-order valence-electron chi connectivity index (χ0n) is 9.37. The van der Waals surface area contributed by atoms with Crippen LogP contribution in [0.4, 0.5) is 48.3 Å². The van der Waals surface area contributed by atoms with E-state index in [1.54, 1.807) is 0 Å². The Morgan fingerprint density at radius 1 is 0.762 bits per heavy atom. The van der Waals surface area contributed by atoms with Crippen molar-refractivity contribution in [2.24, 2.45) is 0 Å². The van der Waals surface area contributed by atoms with Crippen molar-refractivity contribution < 1.29 is 58.1 Å². The standard InChI is InChI=1S/C8H5F11O2/c9-4(2-1-3-20,6(12,13)14)21-8(18,19)5(10,11)7(15,16)17/h1-2,20H,3H2. The monoisotopic (exact) mass is 342 g/mol. The van der Waals surface area contributed by atoms with Crippen LogP contribution in [0.2, 0.25) is 0 Å². The van der Waals surface area contributed by atoms with Gasteiger partial charge < -0.3 is 5.11 Å². The zero-order chi connectivity index (χ0) is 17.3. The molecule has 0 radical (unpaired) electrons. The largest absolute Gasteiger partial charge is 0.462 e. The topological polar surface area (TPSA) is 29.5 Å². The Balaban J connectivity index is 5.70. The van der Waals surface area contributed by atoms with Crippen LogP contribution < -0.4 is 0 Å². The molecule has 0 aliphatic heterocycles. The van der Waals surface area contributed by atoms with E-state index in [0.29, 0.717) is 0 Å². The highest BCUT2D eigenvalue weighted by Crippen LogP contribution is 2.51. The summed E-state index contributed by atoms with van der Waals surface area (Å²) < 4.78 is 137. The molecule has 21 heavy (non-hydrogen) atoms. The van der Waals surface area contributed by atoms with E-state index in [1.165, 1.54) is 0 Å². The van der Waals surface area contributed by atoms with E-state index in [9.17, 15) is 48.3 Å². The van der Waals surface area contributed by atoms with Gasteiger partial charge >= 0.3 is 30.2 Å². The number of ether oxygens (including phenoxy) is 1. The van der Waals surface area contributed by atoms with Crippen molar-refractivity contribution in [1.82, 2.24) is 0 Å². The van der Waals surface area contributed by atoms with Crippen LogP contribution in [0.25, 0.3) is 0 Å². The summed E-state index contributed by atoms with van der Waals surface area (Å²) in [6, 6.07) is 0. The van der Waals surface area contributed by atoms with Crippen molar-refractivity contribution in [3.05, 3.63) is 12.2 Å². The summed E-state index contributed by atoms with van der Waals surface area (Å²) in [6.07, 6.45) is -21.4. The minimum absolute atomic E-state index is 0.171. The van der Waals surface area contributed by atoms with Crippen LogP contribution in [0.3, 0.4) is 0 Å². The molecule has 0 rings (SSSR count). The Labute approximate surface area is 108 Å². The molecule has 13 heteroatoms. The second kappa shape index (κ2) is 5.59. The number of aliphatic hydroxyl groups is 1. The number of aliphatic hydroxyl groups excluding tert-OH is 1. The molecule has 1 unspecified atom stereocenters. The first-order valence-corrected chi connectivity index (χ1v) is 4.58. The Morgan fingerprint density at radius 3 is 1.48 bits per heavy atom. The molecule has 2 nitrogen and oxygen atoms in total. The second-order valence-corrected chi connectivity index (χ2v) is 3.42. The third-order valence-electron chi connectivity index (χ3n) is 1.82. The van der Waals surface area contributed by atoms with Gasteiger partial charge in [-0.3, -0.25) is 4.74 Å². The van der Waals surface area contributed by atoms with Crippen LogP contribution >= 0.6 is 0 Å². The molecule has 0 aliphatic rings. The van der Waals surface area contributed by atoms with Crippen molar-refractivity contribution in [1.29, 1.82) is 0 Å². The summed E-state index contributed by atoms with van der Waals surface area (Å²) in [6.45, 7) is -1.35. The molecule has 0 bridgehead atoms. The first-order valence-electron chi connectivity index (χ1n) is 4.58. The third kappa shape index (κ3) is 3.96. The maximum absolute atomic E-state index is 13.2. The van der Waals surface area contributed by atoms with E-state index in [1.807, 2.05) is 0 Å².